The number of fused-ring (bicyclic) bond motifs is 3. The summed E-state index contributed by atoms with van der Waals surface area (Å²) in [5, 5.41) is 6.78. The Balaban J connectivity index is 2.19. The normalized spacial score (nSPS) is 11.2. The molecule has 4 rings (SSSR count). The molecule has 0 N–H and O–H groups in total. The SMILES string of the molecule is Cc1ccc(-c2cc3ccccc3c3c(C=O)c(C)nn23)cc1. The van der Waals surface area contributed by atoms with Crippen LogP contribution in [0.15, 0.2) is 54.6 Å². The predicted molar refractivity (Wildman–Crippen MR) is 93.0 cm³/mol. The Morgan fingerprint density at radius 1 is 1.00 bits per heavy atom. The third-order valence-electron chi connectivity index (χ3n) is 4.31. The highest BCUT2D eigenvalue weighted by Crippen LogP contribution is 2.30. The maximum Gasteiger partial charge on any atom is 0.154 e. The molecule has 4 aromatic rings. The van der Waals surface area contributed by atoms with Crippen LogP contribution in [0.2, 0.25) is 0 Å². The lowest BCUT2D eigenvalue weighted by molar-refractivity contribution is 0.112. The molecular formula is C20H16N2O. The molecule has 112 valence electrons. The van der Waals surface area contributed by atoms with E-state index in [4.69, 9.17) is 0 Å². The number of hydrogen-bond donors (Lipinski definition) is 0. The summed E-state index contributed by atoms with van der Waals surface area (Å²) in [6, 6.07) is 18.6. The topological polar surface area (TPSA) is 34.4 Å². The Labute approximate surface area is 134 Å². The first-order valence-electron chi connectivity index (χ1n) is 7.62. The fourth-order valence-corrected chi connectivity index (χ4v) is 3.09. The van der Waals surface area contributed by atoms with E-state index < -0.39 is 0 Å². The van der Waals surface area contributed by atoms with E-state index in [9.17, 15) is 4.79 Å². The minimum Gasteiger partial charge on any atom is -0.298 e. The van der Waals surface area contributed by atoms with E-state index in [0.29, 0.717) is 5.56 Å². The number of hydrogen-bond acceptors (Lipinski definition) is 2. The van der Waals surface area contributed by atoms with Gasteiger partial charge in [0.2, 0.25) is 0 Å². The molecule has 0 amide bonds. The minimum absolute atomic E-state index is 0.662. The van der Waals surface area contributed by atoms with Crippen molar-refractivity contribution in [2.45, 2.75) is 13.8 Å². The van der Waals surface area contributed by atoms with Crippen molar-refractivity contribution in [1.82, 2.24) is 9.61 Å². The summed E-state index contributed by atoms with van der Waals surface area (Å²) in [5.74, 6) is 0. The van der Waals surface area contributed by atoms with Crippen LogP contribution in [0.3, 0.4) is 0 Å². The summed E-state index contributed by atoms with van der Waals surface area (Å²) < 4.78 is 1.89. The van der Waals surface area contributed by atoms with Crippen LogP contribution < -0.4 is 0 Å². The number of benzene rings is 2. The van der Waals surface area contributed by atoms with Crippen LogP contribution in [0.4, 0.5) is 0 Å². The number of carbonyl (C=O) groups excluding carboxylic acids is 1. The molecule has 0 saturated heterocycles. The van der Waals surface area contributed by atoms with Crippen LogP contribution >= 0.6 is 0 Å². The summed E-state index contributed by atoms with van der Waals surface area (Å²) in [4.78, 5) is 11.6. The van der Waals surface area contributed by atoms with Gasteiger partial charge in [-0.1, -0.05) is 54.1 Å². The fourth-order valence-electron chi connectivity index (χ4n) is 3.09. The molecule has 2 heterocycles. The van der Waals surface area contributed by atoms with E-state index in [1.165, 1.54) is 5.56 Å². The molecule has 0 spiro atoms. The van der Waals surface area contributed by atoms with Gasteiger partial charge in [0.05, 0.1) is 22.5 Å². The molecule has 0 aliphatic heterocycles. The maximum atomic E-state index is 11.6. The molecule has 2 aromatic carbocycles. The second-order valence-corrected chi connectivity index (χ2v) is 5.86. The van der Waals surface area contributed by atoms with E-state index >= 15 is 0 Å². The highest BCUT2D eigenvalue weighted by Gasteiger charge is 2.15. The third-order valence-corrected chi connectivity index (χ3v) is 4.31. The quantitative estimate of drug-likeness (QED) is 0.508. The first-order valence-corrected chi connectivity index (χ1v) is 7.62. The van der Waals surface area contributed by atoms with Crippen LogP contribution in [0.1, 0.15) is 21.6 Å². The minimum atomic E-state index is 0.662. The average molecular weight is 300 g/mol. The second-order valence-electron chi connectivity index (χ2n) is 5.86. The zero-order valence-corrected chi connectivity index (χ0v) is 13.1. The first kappa shape index (κ1) is 13.7. The van der Waals surface area contributed by atoms with Crippen LogP contribution in [-0.4, -0.2) is 15.9 Å². The van der Waals surface area contributed by atoms with Gasteiger partial charge >= 0.3 is 0 Å². The van der Waals surface area contributed by atoms with Gasteiger partial charge in [-0.15, -0.1) is 0 Å². The Morgan fingerprint density at radius 3 is 2.48 bits per heavy atom. The summed E-state index contributed by atoms with van der Waals surface area (Å²) in [5.41, 5.74) is 5.60. The molecule has 2 aromatic heterocycles. The van der Waals surface area contributed by atoms with E-state index in [1.54, 1.807) is 0 Å². The largest absolute Gasteiger partial charge is 0.298 e. The summed E-state index contributed by atoms with van der Waals surface area (Å²) in [7, 11) is 0. The zero-order valence-electron chi connectivity index (χ0n) is 13.1. The Morgan fingerprint density at radius 2 is 1.74 bits per heavy atom. The van der Waals surface area contributed by atoms with E-state index in [-0.39, 0.29) is 0 Å². The molecule has 0 unspecified atom stereocenters. The van der Waals surface area contributed by atoms with Gasteiger partial charge in [0.15, 0.2) is 6.29 Å². The van der Waals surface area contributed by atoms with Crippen molar-refractivity contribution in [3.05, 3.63) is 71.4 Å². The number of pyridine rings is 1. The van der Waals surface area contributed by atoms with Gasteiger partial charge in [0.25, 0.3) is 0 Å². The molecule has 3 heteroatoms. The van der Waals surface area contributed by atoms with Gasteiger partial charge in [-0.25, -0.2) is 4.52 Å². The lowest BCUT2D eigenvalue weighted by atomic mass is 10.0. The standard InChI is InChI=1S/C20H16N2O/c1-13-7-9-15(10-8-13)19-11-16-5-3-4-6-17(16)20-18(12-23)14(2)21-22(19)20/h3-12H,1-2H3. The Bertz CT molecular complexity index is 1040. The van der Waals surface area contributed by atoms with Gasteiger partial charge in [-0.2, -0.15) is 5.10 Å². The highest BCUT2D eigenvalue weighted by atomic mass is 16.1. The third kappa shape index (κ3) is 2.05. The summed E-state index contributed by atoms with van der Waals surface area (Å²) in [6.07, 6.45) is 0.906. The van der Waals surface area contributed by atoms with Crippen LogP contribution in [0.25, 0.3) is 27.5 Å². The van der Waals surface area contributed by atoms with Gasteiger partial charge in [-0.3, -0.25) is 4.79 Å². The lowest BCUT2D eigenvalue weighted by Crippen LogP contribution is -1.96. The molecule has 3 nitrogen and oxygen atoms in total. The molecular weight excluding hydrogens is 284 g/mol. The smallest absolute Gasteiger partial charge is 0.154 e. The van der Waals surface area contributed by atoms with Gasteiger partial charge in [0.1, 0.15) is 0 Å². The summed E-state index contributed by atoms with van der Waals surface area (Å²) in [6.45, 7) is 3.95. The number of aldehydes is 1. The lowest BCUT2D eigenvalue weighted by Gasteiger charge is -2.09. The molecule has 0 bridgehead atoms. The van der Waals surface area contributed by atoms with Crippen LogP contribution in [0.5, 0.6) is 0 Å². The van der Waals surface area contributed by atoms with Crippen molar-refractivity contribution < 1.29 is 4.79 Å². The fraction of sp³-hybridized carbons (Fsp3) is 0.100. The number of aromatic nitrogens is 2. The summed E-state index contributed by atoms with van der Waals surface area (Å²) >= 11 is 0. The van der Waals surface area contributed by atoms with E-state index in [0.717, 1.165) is 39.5 Å². The second kappa shape index (κ2) is 5.06. The average Bonchev–Trinajstić information content (AvgIpc) is 2.91. The predicted octanol–water partition coefficient (Wildman–Crippen LogP) is 4.58. The van der Waals surface area contributed by atoms with Crippen molar-refractivity contribution in [2.24, 2.45) is 0 Å². The molecule has 0 radical (unpaired) electrons. The Hall–Kier alpha value is -2.94. The molecule has 0 aliphatic rings. The van der Waals surface area contributed by atoms with Crippen molar-refractivity contribution >= 4 is 22.6 Å². The monoisotopic (exact) mass is 300 g/mol. The Kier molecular flexibility index (Phi) is 3.01. The molecule has 23 heavy (non-hydrogen) atoms. The highest BCUT2D eigenvalue weighted by molar-refractivity contribution is 6.05. The van der Waals surface area contributed by atoms with Gasteiger partial charge in [0, 0.05) is 10.9 Å². The number of aryl methyl sites for hydroxylation is 2. The molecule has 0 saturated carbocycles. The van der Waals surface area contributed by atoms with Crippen LogP contribution in [0, 0.1) is 13.8 Å². The van der Waals surface area contributed by atoms with E-state index in [1.807, 2.05) is 29.6 Å². The van der Waals surface area contributed by atoms with Crippen molar-refractivity contribution in [3.63, 3.8) is 0 Å². The number of rotatable bonds is 2. The van der Waals surface area contributed by atoms with E-state index in [2.05, 4.69) is 48.4 Å². The van der Waals surface area contributed by atoms with Crippen molar-refractivity contribution in [3.8, 4) is 11.3 Å². The van der Waals surface area contributed by atoms with Crippen molar-refractivity contribution in [2.75, 3.05) is 0 Å². The molecule has 0 atom stereocenters. The zero-order chi connectivity index (χ0) is 16.0. The number of nitrogens with zero attached hydrogens (tertiary/aromatic N) is 2. The maximum absolute atomic E-state index is 11.6. The molecule has 0 fully saturated rings. The molecule has 0 aliphatic carbocycles. The number of carbonyl (C=O) groups is 1. The van der Waals surface area contributed by atoms with Gasteiger partial charge < -0.3 is 0 Å². The van der Waals surface area contributed by atoms with Crippen LogP contribution in [-0.2, 0) is 0 Å². The van der Waals surface area contributed by atoms with Crippen molar-refractivity contribution in [1.29, 1.82) is 0 Å². The van der Waals surface area contributed by atoms with Gasteiger partial charge in [-0.05, 0) is 25.3 Å². The first-order chi connectivity index (χ1) is 11.2.